The number of hydrogen-bond donors (Lipinski definition) is 2. The van der Waals surface area contributed by atoms with Gasteiger partial charge >= 0.3 is 0 Å². The average molecular weight is 324 g/mol. The van der Waals surface area contributed by atoms with Crippen LogP contribution in [0.25, 0.3) is 0 Å². The van der Waals surface area contributed by atoms with Crippen molar-refractivity contribution in [1.82, 2.24) is 10.6 Å². The highest BCUT2D eigenvalue weighted by atomic mass is 32.1. The molecule has 0 unspecified atom stereocenters. The van der Waals surface area contributed by atoms with Crippen LogP contribution in [0.5, 0.6) is 11.5 Å². The summed E-state index contributed by atoms with van der Waals surface area (Å²) in [6.07, 6.45) is 2.24. The molecule has 1 aliphatic rings. The van der Waals surface area contributed by atoms with Crippen LogP contribution in [-0.2, 0) is 4.74 Å². The van der Waals surface area contributed by atoms with Crippen molar-refractivity contribution in [1.29, 1.82) is 0 Å². The van der Waals surface area contributed by atoms with Gasteiger partial charge in [0.2, 0.25) is 0 Å². The Morgan fingerprint density at radius 2 is 2.14 bits per heavy atom. The van der Waals surface area contributed by atoms with Gasteiger partial charge in [0.25, 0.3) is 5.91 Å². The standard InChI is InChI=1S/C15H20N2O4S/c1-19-12-6-5-10(8-13(12)20-2)14(18)17-15(22)16-9-11-4-3-7-21-11/h5-6,8,11H,3-4,7,9H2,1-2H3,(H2,16,17,18,22)/t11-/m0/s1. The number of hydrogen-bond acceptors (Lipinski definition) is 5. The van der Waals surface area contributed by atoms with Crippen LogP contribution in [0, 0.1) is 0 Å². The van der Waals surface area contributed by atoms with Crippen molar-refractivity contribution in [2.45, 2.75) is 18.9 Å². The van der Waals surface area contributed by atoms with Crippen molar-refractivity contribution in [3.8, 4) is 11.5 Å². The predicted octanol–water partition coefficient (Wildman–Crippen LogP) is 1.49. The van der Waals surface area contributed by atoms with Gasteiger partial charge in [-0.15, -0.1) is 0 Å². The normalized spacial score (nSPS) is 16.9. The summed E-state index contributed by atoms with van der Waals surface area (Å²) in [5.41, 5.74) is 0.443. The summed E-state index contributed by atoms with van der Waals surface area (Å²) in [5, 5.41) is 5.92. The second-order valence-corrected chi connectivity index (χ2v) is 5.28. The van der Waals surface area contributed by atoms with Gasteiger partial charge in [-0.3, -0.25) is 10.1 Å². The van der Waals surface area contributed by atoms with Gasteiger partial charge in [0.1, 0.15) is 0 Å². The van der Waals surface area contributed by atoms with Crippen LogP contribution in [-0.4, -0.2) is 44.5 Å². The van der Waals surface area contributed by atoms with Crippen LogP contribution in [0.1, 0.15) is 23.2 Å². The summed E-state index contributed by atoms with van der Waals surface area (Å²) in [4.78, 5) is 12.2. The summed E-state index contributed by atoms with van der Waals surface area (Å²) in [6, 6.07) is 4.94. The minimum absolute atomic E-state index is 0.163. The lowest BCUT2D eigenvalue weighted by Gasteiger charge is -2.14. The largest absolute Gasteiger partial charge is 0.493 e. The van der Waals surface area contributed by atoms with Gasteiger partial charge in [-0.1, -0.05) is 0 Å². The van der Waals surface area contributed by atoms with E-state index in [-0.39, 0.29) is 17.1 Å². The van der Waals surface area contributed by atoms with E-state index in [1.54, 1.807) is 25.3 Å². The Bertz CT molecular complexity index is 544. The highest BCUT2D eigenvalue weighted by Crippen LogP contribution is 2.27. The first-order valence-electron chi connectivity index (χ1n) is 7.07. The second-order valence-electron chi connectivity index (χ2n) is 4.87. The third kappa shape index (κ3) is 4.32. The Balaban J connectivity index is 1.89. The number of thiocarbonyl (C=S) groups is 1. The lowest BCUT2D eigenvalue weighted by molar-refractivity contribution is 0.0972. The van der Waals surface area contributed by atoms with Crippen LogP contribution in [0.3, 0.4) is 0 Å². The summed E-state index contributed by atoms with van der Waals surface area (Å²) >= 11 is 5.12. The number of carbonyl (C=O) groups is 1. The molecule has 2 N–H and O–H groups in total. The van der Waals surface area contributed by atoms with Gasteiger partial charge in [0, 0.05) is 18.7 Å². The molecule has 0 aliphatic carbocycles. The van der Waals surface area contributed by atoms with Gasteiger partial charge in [-0.05, 0) is 43.3 Å². The molecule has 120 valence electrons. The molecule has 1 fully saturated rings. The van der Waals surface area contributed by atoms with Crippen LogP contribution in [0.2, 0.25) is 0 Å². The quantitative estimate of drug-likeness (QED) is 0.800. The monoisotopic (exact) mass is 324 g/mol. The number of carbonyl (C=O) groups excluding carboxylic acids is 1. The lowest BCUT2D eigenvalue weighted by Crippen LogP contribution is -2.42. The van der Waals surface area contributed by atoms with Crippen molar-refractivity contribution in [2.24, 2.45) is 0 Å². The Morgan fingerprint density at radius 1 is 1.36 bits per heavy atom. The van der Waals surface area contributed by atoms with E-state index in [0.29, 0.717) is 23.6 Å². The summed E-state index contributed by atoms with van der Waals surface area (Å²) in [6.45, 7) is 1.39. The Labute approximate surface area is 135 Å². The minimum atomic E-state index is -0.300. The molecule has 1 saturated heterocycles. The van der Waals surface area contributed by atoms with E-state index in [9.17, 15) is 4.79 Å². The van der Waals surface area contributed by atoms with Crippen molar-refractivity contribution in [3.63, 3.8) is 0 Å². The van der Waals surface area contributed by atoms with Crippen molar-refractivity contribution in [2.75, 3.05) is 27.4 Å². The molecule has 2 rings (SSSR count). The maximum atomic E-state index is 12.2. The Morgan fingerprint density at radius 3 is 2.77 bits per heavy atom. The van der Waals surface area contributed by atoms with Gasteiger partial charge < -0.3 is 19.5 Å². The molecule has 0 spiro atoms. The molecule has 1 heterocycles. The molecular formula is C15H20N2O4S. The Hall–Kier alpha value is -1.86. The molecule has 22 heavy (non-hydrogen) atoms. The first kappa shape index (κ1) is 16.5. The van der Waals surface area contributed by atoms with E-state index >= 15 is 0 Å². The Kier molecular flexibility index (Phi) is 5.97. The molecule has 7 heteroatoms. The molecule has 0 radical (unpaired) electrons. The van der Waals surface area contributed by atoms with E-state index < -0.39 is 0 Å². The molecule has 1 aliphatic heterocycles. The molecule has 1 aromatic rings. The first-order chi connectivity index (χ1) is 10.6. The zero-order valence-corrected chi connectivity index (χ0v) is 13.5. The average Bonchev–Trinajstić information content (AvgIpc) is 3.05. The number of methoxy groups -OCH3 is 2. The summed E-state index contributed by atoms with van der Waals surface area (Å²) < 4.78 is 15.8. The van der Waals surface area contributed by atoms with Gasteiger partial charge in [0.15, 0.2) is 16.6 Å². The molecule has 1 amide bonds. The fourth-order valence-corrected chi connectivity index (χ4v) is 2.38. The molecule has 1 aromatic carbocycles. The third-order valence-electron chi connectivity index (χ3n) is 3.39. The SMILES string of the molecule is COc1ccc(C(=O)NC(=S)NC[C@@H]2CCCO2)cc1OC. The second kappa shape index (κ2) is 7.95. The molecular weight excluding hydrogens is 304 g/mol. The van der Waals surface area contributed by atoms with Crippen LogP contribution in [0.15, 0.2) is 18.2 Å². The van der Waals surface area contributed by atoms with Gasteiger partial charge in [-0.25, -0.2) is 0 Å². The van der Waals surface area contributed by atoms with Crippen LogP contribution >= 0.6 is 12.2 Å². The van der Waals surface area contributed by atoms with Crippen LogP contribution < -0.4 is 20.1 Å². The topological polar surface area (TPSA) is 68.8 Å². The van der Waals surface area contributed by atoms with E-state index in [1.807, 2.05) is 0 Å². The van der Waals surface area contributed by atoms with Crippen molar-refractivity contribution >= 4 is 23.2 Å². The summed E-state index contributed by atoms with van der Waals surface area (Å²) in [7, 11) is 3.06. The molecule has 0 aromatic heterocycles. The van der Waals surface area contributed by atoms with Crippen LogP contribution in [0.4, 0.5) is 0 Å². The van der Waals surface area contributed by atoms with E-state index in [4.69, 9.17) is 26.4 Å². The number of amides is 1. The maximum Gasteiger partial charge on any atom is 0.257 e. The van der Waals surface area contributed by atoms with Gasteiger partial charge in [0.05, 0.1) is 20.3 Å². The highest BCUT2D eigenvalue weighted by molar-refractivity contribution is 7.80. The predicted molar refractivity (Wildman–Crippen MR) is 86.6 cm³/mol. The highest BCUT2D eigenvalue weighted by Gasteiger charge is 2.16. The zero-order valence-electron chi connectivity index (χ0n) is 12.7. The number of ether oxygens (including phenoxy) is 3. The van der Waals surface area contributed by atoms with E-state index in [2.05, 4.69) is 10.6 Å². The molecule has 6 nitrogen and oxygen atoms in total. The fraction of sp³-hybridized carbons (Fsp3) is 0.467. The van der Waals surface area contributed by atoms with E-state index in [0.717, 1.165) is 19.4 Å². The summed E-state index contributed by atoms with van der Waals surface area (Å²) in [5.74, 6) is 0.761. The maximum absolute atomic E-state index is 12.2. The molecule has 0 saturated carbocycles. The third-order valence-corrected chi connectivity index (χ3v) is 3.63. The van der Waals surface area contributed by atoms with Crippen molar-refractivity contribution in [3.05, 3.63) is 23.8 Å². The molecule has 0 bridgehead atoms. The smallest absolute Gasteiger partial charge is 0.257 e. The lowest BCUT2D eigenvalue weighted by atomic mass is 10.2. The fourth-order valence-electron chi connectivity index (χ4n) is 2.21. The number of benzene rings is 1. The van der Waals surface area contributed by atoms with Gasteiger partial charge in [-0.2, -0.15) is 0 Å². The number of nitrogens with one attached hydrogen (secondary N) is 2. The first-order valence-corrected chi connectivity index (χ1v) is 7.47. The van der Waals surface area contributed by atoms with E-state index in [1.165, 1.54) is 7.11 Å². The zero-order chi connectivity index (χ0) is 15.9. The number of rotatable bonds is 5. The minimum Gasteiger partial charge on any atom is -0.493 e. The van der Waals surface area contributed by atoms with Crippen molar-refractivity contribution < 1.29 is 19.0 Å². The molecule has 1 atom stereocenters.